The molecule has 21 heavy (non-hydrogen) atoms. The second kappa shape index (κ2) is 6.02. The van der Waals surface area contributed by atoms with Gasteiger partial charge in [0.05, 0.1) is 5.56 Å². The number of nitrogens with zero attached hydrogens (tertiary/aromatic N) is 1. The molecular weight excluding hydrogens is 271 g/mol. The highest BCUT2D eigenvalue weighted by Crippen LogP contribution is 2.27. The summed E-state index contributed by atoms with van der Waals surface area (Å²) in [6.07, 6.45) is 4.41. The minimum Gasteiger partial charge on any atom is -0.507 e. The predicted octanol–water partition coefficient (Wildman–Crippen LogP) is 2.14. The topological polar surface area (TPSA) is 52.6 Å². The number of aromatic hydroxyl groups is 1. The third-order valence-corrected chi connectivity index (χ3v) is 4.68. The van der Waals surface area contributed by atoms with Gasteiger partial charge < -0.3 is 15.3 Å². The molecule has 2 aliphatic rings. The number of benzene rings is 1. The highest BCUT2D eigenvalue weighted by molar-refractivity contribution is 5.96. The number of piperidine rings is 1. The van der Waals surface area contributed by atoms with Crippen molar-refractivity contribution in [1.29, 1.82) is 0 Å². The lowest BCUT2D eigenvalue weighted by Gasteiger charge is -2.35. The molecule has 2 heterocycles. The Morgan fingerprint density at radius 3 is 2.71 bits per heavy atom. The van der Waals surface area contributed by atoms with Gasteiger partial charge in [0.25, 0.3) is 5.91 Å². The zero-order valence-corrected chi connectivity index (χ0v) is 12.0. The van der Waals surface area contributed by atoms with E-state index in [0.29, 0.717) is 25.0 Å². The molecule has 1 aromatic carbocycles. The van der Waals surface area contributed by atoms with Crippen molar-refractivity contribution in [3.8, 4) is 5.75 Å². The summed E-state index contributed by atoms with van der Waals surface area (Å²) >= 11 is 0. The summed E-state index contributed by atoms with van der Waals surface area (Å²) in [4.78, 5) is 14.1. The number of rotatable bonds is 2. The molecule has 0 saturated carbocycles. The van der Waals surface area contributed by atoms with E-state index in [1.165, 1.54) is 18.9 Å². The summed E-state index contributed by atoms with van der Waals surface area (Å²) in [5.74, 6) is -0.301. The van der Waals surface area contributed by atoms with Crippen molar-refractivity contribution in [2.24, 2.45) is 5.92 Å². The number of likely N-dealkylation sites (tertiary alicyclic amines) is 1. The van der Waals surface area contributed by atoms with Crippen LogP contribution in [0.25, 0.3) is 0 Å². The number of carbonyl (C=O) groups excluding carboxylic acids is 1. The van der Waals surface area contributed by atoms with E-state index in [4.69, 9.17) is 0 Å². The van der Waals surface area contributed by atoms with Crippen LogP contribution in [0, 0.1) is 11.7 Å². The lowest BCUT2D eigenvalue weighted by Crippen LogP contribution is -2.43. The summed E-state index contributed by atoms with van der Waals surface area (Å²) in [7, 11) is 0. The van der Waals surface area contributed by atoms with Gasteiger partial charge in [0.2, 0.25) is 0 Å². The van der Waals surface area contributed by atoms with E-state index in [-0.39, 0.29) is 17.2 Å². The van der Waals surface area contributed by atoms with Crippen LogP contribution in [-0.2, 0) is 0 Å². The molecule has 5 heteroatoms. The highest BCUT2D eigenvalue weighted by atomic mass is 19.1. The van der Waals surface area contributed by atoms with Gasteiger partial charge in [0.15, 0.2) is 0 Å². The monoisotopic (exact) mass is 292 g/mol. The van der Waals surface area contributed by atoms with Crippen LogP contribution < -0.4 is 5.32 Å². The lowest BCUT2D eigenvalue weighted by molar-refractivity contribution is 0.0671. The minimum absolute atomic E-state index is 0.0624. The minimum atomic E-state index is -0.499. The average Bonchev–Trinajstić information content (AvgIpc) is 3.03. The summed E-state index contributed by atoms with van der Waals surface area (Å²) in [6, 6.07) is 4.09. The SMILES string of the molecule is O=C(c1cc(F)ccc1O)N1CCC(C2CCCN2)CC1. The summed E-state index contributed by atoms with van der Waals surface area (Å²) in [5, 5.41) is 13.3. The lowest BCUT2D eigenvalue weighted by atomic mass is 9.88. The first-order valence-electron chi connectivity index (χ1n) is 7.66. The first kappa shape index (κ1) is 14.3. The van der Waals surface area contributed by atoms with Crippen LogP contribution in [0.4, 0.5) is 4.39 Å². The van der Waals surface area contributed by atoms with Gasteiger partial charge in [-0.05, 0) is 56.3 Å². The number of nitrogens with one attached hydrogen (secondary N) is 1. The first-order chi connectivity index (χ1) is 10.1. The Kier molecular flexibility index (Phi) is 4.10. The molecular formula is C16H21FN2O2. The van der Waals surface area contributed by atoms with Crippen LogP contribution in [0.5, 0.6) is 5.75 Å². The average molecular weight is 292 g/mol. The molecule has 114 valence electrons. The predicted molar refractivity (Wildman–Crippen MR) is 77.7 cm³/mol. The van der Waals surface area contributed by atoms with Gasteiger partial charge in [0, 0.05) is 19.1 Å². The molecule has 0 spiro atoms. The Morgan fingerprint density at radius 2 is 2.05 bits per heavy atom. The molecule has 2 saturated heterocycles. The van der Waals surface area contributed by atoms with Crippen molar-refractivity contribution >= 4 is 5.91 Å². The molecule has 1 atom stereocenters. The van der Waals surface area contributed by atoms with Crippen LogP contribution in [-0.4, -0.2) is 41.6 Å². The van der Waals surface area contributed by atoms with Crippen molar-refractivity contribution in [3.63, 3.8) is 0 Å². The fourth-order valence-electron chi connectivity index (χ4n) is 3.47. The van der Waals surface area contributed by atoms with Gasteiger partial charge in [-0.1, -0.05) is 0 Å². The molecule has 0 bridgehead atoms. The van der Waals surface area contributed by atoms with Gasteiger partial charge in [-0.15, -0.1) is 0 Å². The molecule has 1 unspecified atom stereocenters. The van der Waals surface area contributed by atoms with E-state index >= 15 is 0 Å². The van der Waals surface area contributed by atoms with Crippen LogP contribution >= 0.6 is 0 Å². The molecule has 0 radical (unpaired) electrons. The molecule has 2 fully saturated rings. The molecule has 0 aromatic heterocycles. The molecule has 1 amide bonds. The number of hydrogen-bond donors (Lipinski definition) is 2. The summed E-state index contributed by atoms with van der Waals surface area (Å²) < 4.78 is 13.3. The van der Waals surface area contributed by atoms with E-state index < -0.39 is 5.82 Å². The van der Waals surface area contributed by atoms with Crippen LogP contribution in [0.2, 0.25) is 0 Å². The highest BCUT2D eigenvalue weighted by Gasteiger charge is 2.30. The number of phenols is 1. The van der Waals surface area contributed by atoms with Crippen molar-refractivity contribution in [3.05, 3.63) is 29.6 Å². The smallest absolute Gasteiger partial charge is 0.257 e. The van der Waals surface area contributed by atoms with Gasteiger partial charge in [-0.3, -0.25) is 4.79 Å². The summed E-state index contributed by atoms with van der Waals surface area (Å²) in [6.45, 7) is 2.45. The second-order valence-corrected chi connectivity index (χ2v) is 5.99. The third-order valence-electron chi connectivity index (χ3n) is 4.68. The Balaban J connectivity index is 1.63. The number of amides is 1. The number of phenolic OH excluding ortho intramolecular Hbond substituents is 1. The third kappa shape index (κ3) is 3.02. The van der Waals surface area contributed by atoms with Crippen LogP contribution in [0.3, 0.4) is 0 Å². The van der Waals surface area contributed by atoms with Gasteiger partial charge >= 0.3 is 0 Å². The number of halogens is 1. The fourth-order valence-corrected chi connectivity index (χ4v) is 3.47. The van der Waals surface area contributed by atoms with E-state index in [9.17, 15) is 14.3 Å². The quantitative estimate of drug-likeness (QED) is 0.878. The van der Waals surface area contributed by atoms with Gasteiger partial charge in [-0.2, -0.15) is 0 Å². The van der Waals surface area contributed by atoms with E-state index in [1.807, 2.05) is 0 Å². The van der Waals surface area contributed by atoms with E-state index in [0.717, 1.165) is 31.5 Å². The van der Waals surface area contributed by atoms with E-state index in [2.05, 4.69) is 5.32 Å². The molecule has 2 N–H and O–H groups in total. The summed E-state index contributed by atoms with van der Waals surface area (Å²) in [5.41, 5.74) is 0.0624. The first-order valence-corrected chi connectivity index (χ1v) is 7.66. The molecule has 2 aliphatic heterocycles. The standard InChI is InChI=1S/C16H21FN2O2/c17-12-3-4-15(20)13(10-12)16(21)19-8-5-11(6-9-19)14-2-1-7-18-14/h3-4,10-11,14,18,20H,1-2,5-9H2. The van der Waals surface area contributed by atoms with Crippen molar-refractivity contribution < 1.29 is 14.3 Å². The van der Waals surface area contributed by atoms with E-state index in [1.54, 1.807) is 4.90 Å². The molecule has 4 nitrogen and oxygen atoms in total. The van der Waals surface area contributed by atoms with Crippen LogP contribution in [0.15, 0.2) is 18.2 Å². The Bertz CT molecular complexity index is 521. The largest absolute Gasteiger partial charge is 0.507 e. The van der Waals surface area contributed by atoms with Gasteiger partial charge in [0.1, 0.15) is 11.6 Å². The van der Waals surface area contributed by atoms with Crippen molar-refractivity contribution in [1.82, 2.24) is 10.2 Å². The zero-order chi connectivity index (χ0) is 14.8. The van der Waals surface area contributed by atoms with Crippen LogP contribution in [0.1, 0.15) is 36.0 Å². The normalized spacial score (nSPS) is 23.5. The Labute approximate surface area is 124 Å². The maximum absolute atomic E-state index is 13.3. The fraction of sp³-hybridized carbons (Fsp3) is 0.562. The Hall–Kier alpha value is -1.62. The maximum Gasteiger partial charge on any atom is 0.257 e. The molecule has 1 aromatic rings. The molecule has 3 rings (SSSR count). The Morgan fingerprint density at radius 1 is 1.29 bits per heavy atom. The zero-order valence-electron chi connectivity index (χ0n) is 12.0. The number of carbonyl (C=O) groups is 1. The second-order valence-electron chi connectivity index (χ2n) is 5.99. The molecule has 0 aliphatic carbocycles. The number of hydrogen-bond acceptors (Lipinski definition) is 3. The van der Waals surface area contributed by atoms with Crippen molar-refractivity contribution in [2.75, 3.05) is 19.6 Å². The maximum atomic E-state index is 13.3. The van der Waals surface area contributed by atoms with Crippen molar-refractivity contribution in [2.45, 2.75) is 31.7 Å². The van der Waals surface area contributed by atoms with Gasteiger partial charge in [-0.25, -0.2) is 4.39 Å².